The van der Waals surface area contributed by atoms with Crippen LogP contribution in [0.25, 0.3) is 0 Å². The quantitative estimate of drug-likeness (QED) is 0.700. The van der Waals surface area contributed by atoms with Crippen molar-refractivity contribution in [2.45, 2.75) is 71.5 Å². The number of hydrogen-bond donors (Lipinski definition) is 2. The molecule has 0 spiro atoms. The van der Waals surface area contributed by atoms with Crippen molar-refractivity contribution >= 4 is 28.1 Å². The molecule has 2 amide bonds. The molecule has 0 saturated carbocycles. The second-order valence-corrected chi connectivity index (χ2v) is 11.0. The molecule has 0 bridgehead atoms. The van der Waals surface area contributed by atoms with E-state index in [1.54, 1.807) is 25.7 Å². The third-order valence-corrected chi connectivity index (χ3v) is 5.40. The first-order valence-corrected chi connectivity index (χ1v) is 11.7. The van der Waals surface area contributed by atoms with Gasteiger partial charge in [0.1, 0.15) is 11.2 Å². The fraction of sp³-hybridized carbons (Fsp3) is 0.619. The van der Waals surface area contributed by atoms with Crippen molar-refractivity contribution in [3.05, 3.63) is 29.8 Å². The Labute approximate surface area is 184 Å². The van der Waals surface area contributed by atoms with E-state index >= 15 is 0 Å². The van der Waals surface area contributed by atoms with Crippen LogP contribution in [0.3, 0.4) is 0 Å². The predicted octanol–water partition coefficient (Wildman–Crippen LogP) is 3.66. The molecular formula is C21H33N3O6S. The van der Waals surface area contributed by atoms with E-state index in [2.05, 4.69) is 4.72 Å². The molecule has 1 aromatic rings. The monoisotopic (exact) mass is 455 g/mol. The first kappa shape index (κ1) is 24.9. The first-order chi connectivity index (χ1) is 14.2. The van der Waals surface area contributed by atoms with Crippen molar-refractivity contribution in [2.24, 2.45) is 0 Å². The van der Waals surface area contributed by atoms with E-state index in [-0.39, 0.29) is 12.5 Å². The van der Waals surface area contributed by atoms with Crippen LogP contribution in [0.4, 0.5) is 15.3 Å². The van der Waals surface area contributed by atoms with Crippen LogP contribution in [0.15, 0.2) is 24.3 Å². The van der Waals surface area contributed by atoms with Gasteiger partial charge in [0.05, 0.1) is 5.69 Å². The van der Waals surface area contributed by atoms with Crippen molar-refractivity contribution < 1.29 is 27.5 Å². The van der Waals surface area contributed by atoms with Crippen LogP contribution in [0.5, 0.6) is 0 Å². The molecule has 31 heavy (non-hydrogen) atoms. The maximum Gasteiger partial charge on any atom is 0.422 e. The molecule has 1 atom stereocenters. The summed E-state index contributed by atoms with van der Waals surface area (Å²) < 4.78 is 38.9. The summed E-state index contributed by atoms with van der Waals surface area (Å²) in [6.45, 7) is 11.0. The van der Waals surface area contributed by atoms with Gasteiger partial charge in [0.2, 0.25) is 0 Å². The average Bonchev–Trinajstić information content (AvgIpc) is 2.57. The molecule has 9 nitrogen and oxygen atoms in total. The van der Waals surface area contributed by atoms with E-state index in [9.17, 15) is 18.0 Å². The number of carbonyl (C=O) groups is 2. The number of carbonyl (C=O) groups excluding carboxylic acids is 2. The van der Waals surface area contributed by atoms with Gasteiger partial charge in [-0.2, -0.15) is 13.1 Å². The maximum absolute atomic E-state index is 12.6. The highest BCUT2D eigenvalue weighted by molar-refractivity contribution is 7.88. The number of anilines is 1. The molecule has 1 unspecified atom stereocenters. The predicted molar refractivity (Wildman–Crippen MR) is 118 cm³/mol. The van der Waals surface area contributed by atoms with Crippen molar-refractivity contribution in [1.29, 1.82) is 0 Å². The Morgan fingerprint density at radius 2 is 1.68 bits per heavy atom. The van der Waals surface area contributed by atoms with Crippen LogP contribution in [-0.4, -0.2) is 44.9 Å². The summed E-state index contributed by atoms with van der Waals surface area (Å²) in [4.78, 5) is 25.9. The average molecular weight is 456 g/mol. The second kappa shape index (κ2) is 9.44. The highest BCUT2D eigenvalue weighted by Gasteiger charge is 2.31. The largest absolute Gasteiger partial charge is 0.443 e. The number of benzene rings is 1. The highest BCUT2D eigenvalue weighted by Crippen LogP contribution is 2.37. The summed E-state index contributed by atoms with van der Waals surface area (Å²) in [5.41, 5.74) is 0.329. The van der Waals surface area contributed by atoms with Gasteiger partial charge in [-0.25, -0.2) is 14.3 Å². The van der Waals surface area contributed by atoms with Gasteiger partial charge < -0.3 is 9.47 Å². The molecule has 2 rings (SSSR count). The summed E-state index contributed by atoms with van der Waals surface area (Å²) in [6.07, 6.45) is -0.261. The fourth-order valence-corrected chi connectivity index (χ4v) is 3.98. The first-order valence-electron chi connectivity index (χ1n) is 10.3. The topological polar surface area (TPSA) is 114 Å². The third kappa shape index (κ3) is 8.02. The summed E-state index contributed by atoms with van der Waals surface area (Å²) in [6, 6.07) is 7.54. The fourth-order valence-electron chi connectivity index (χ4n) is 3.26. The van der Waals surface area contributed by atoms with E-state index in [0.29, 0.717) is 19.4 Å². The molecule has 0 radical (unpaired) electrons. The Balaban J connectivity index is 1.99. The van der Waals surface area contributed by atoms with E-state index < -0.39 is 33.6 Å². The van der Waals surface area contributed by atoms with E-state index in [1.807, 2.05) is 49.8 Å². The van der Waals surface area contributed by atoms with Crippen LogP contribution >= 0.6 is 0 Å². The summed E-state index contributed by atoms with van der Waals surface area (Å²) >= 11 is 0. The number of nitrogens with zero attached hydrogens (tertiary/aromatic N) is 1. The Bertz CT molecular complexity index is 902. The number of hydrogen-bond acceptors (Lipinski definition) is 6. The van der Waals surface area contributed by atoms with Gasteiger partial charge >= 0.3 is 22.4 Å². The van der Waals surface area contributed by atoms with Crippen molar-refractivity contribution in [1.82, 2.24) is 9.44 Å². The molecule has 0 aliphatic carbocycles. The van der Waals surface area contributed by atoms with E-state index in [4.69, 9.17) is 9.47 Å². The number of ether oxygens (including phenoxy) is 2. The van der Waals surface area contributed by atoms with E-state index in [0.717, 1.165) is 11.3 Å². The number of nitrogens with one attached hydrogen (secondary N) is 2. The molecule has 0 aromatic heterocycles. The lowest BCUT2D eigenvalue weighted by Gasteiger charge is -2.35. The lowest BCUT2D eigenvalue weighted by Crippen LogP contribution is -2.43. The molecule has 1 heterocycles. The molecule has 2 N–H and O–H groups in total. The van der Waals surface area contributed by atoms with Gasteiger partial charge in [-0.1, -0.05) is 18.2 Å². The molecule has 1 aliphatic heterocycles. The van der Waals surface area contributed by atoms with Gasteiger partial charge in [-0.15, -0.1) is 0 Å². The Morgan fingerprint density at radius 3 is 2.29 bits per heavy atom. The molecule has 1 aromatic carbocycles. The highest BCUT2D eigenvalue weighted by atomic mass is 32.2. The Hall–Kier alpha value is -2.33. The molecule has 174 valence electrons. The SMILES string of the molecule is CC(C)(C)OC(=O)NS(=O)(=O)NCCC1CCN(C(=O)OC(C)(C)C)c2ccccc21. The van der Waals surface area contributed by atoms with Crippen molar-refractivity contribution in [2.75, 3.05) is 18.0 Å². The minimum Gasteiger partial charge on any atom is -0.443 e. The number of fused-ring (bicyclic) bond motifs is 1. The molecule has 10 heteroatoms. The minimum absolute atomic E-state index is 0.0547. The smallest absolute Gasteiger partial charge is 0.422 e. The van der Waals surface area contributed by atoms with Crippen LogP contribution in [0.1, 0.15) is 65.9 Å². The van der Waals surface area contributed by atoms with Crippen LogP contribution < -0.4 is 14.3 Å². The maximum atomic E-state index is 12.6. The number of rotatable bonds is 5. The second-order valence-electron chi connectivity index (χ2n) is 9.47. The Kier molecular flexibility index (Phi) is 7.59. The number of amides is 2. The lowest BCUT2D eigenvalue weighted by molar-refractivity contribution is 0.0561. The van der Waals surface area contributed by atoms with Crippen molar-refractivity contribution in [3.63, 3.8) is 0 Å². The third-order valence-electron chi connectivity index (χ3n) is 4.38. The summed E-state index contributed by atoms with van der Waals surface area (Å²) in [5, 5.41) is 0. The van der Waals surface area contributed by atoms with Gasteiger partial charge in [0.15, 0.2) is 0 Å². The minimum atomic E-state index is -4.03. The number of para-hydroxylation sites is 1. The molecule has 0 saturated heterocycles. The summed E-state index contributed by atoms with van der Waals surface area (Å²) in [7, 11) is -4.03. The normalized spacial score (nSPS) is 17.0. The molecular weight excluding hydrogens is 422 g/mol. The molecule has 0 fully saturated rings. The van der Waals surface area contributed by atoms with Gasteiger partial charge in [0.25, 0.3) is 0 Å². The van der Waals surface area contributed by atoms with Gasteiger partial charge in [-0.05, 0) is 71.9 Å². The van der Waals surface area contributed by atoms with Gasteiger partial charge in [-0.3, -0.25) is 4.90 Å². The molecule has 1 aliphatic rings. The van der Waals surface area contributed by atoms with Crippen molar-refractivity contribution in [3.8, 4) is 0 Å². The van der Waals surface area contributed by atoms with Gasteiger partial charge in [0, 0.05) is 13.1 Å². The lowest BCUT2D eigenvalue weighted by atomic mass is 9.87. The summed E-state index contributed by atoms with van der Waals surface area (Å²) in [5.74, 6) is 0.0547. The zero-order valence-corrected chi connectivity index (χ0v) is 19.8. The van der Waals surface area contributed by atoms with Crippen LogP contribution in [0, 0.1) is 0 Å². The Morgan fingerprint density at radius 1 is 1.06 bits per heavy atom. The van der Waals surface area contributed by atoms with E-state index in [1.165, 1.54) is 0 Å². The van der Waals surface area contributed by atoms with Crippen LogP contribution in [0.2, 0.25) is 0 Å². The zero-order chi connectivity index (χ0) is 23.4. The van der Waals surface area contributed by atoms with Crippen LogP contribution in [-0.2, 0) is 19.7 Å². The zero-order valence-electron chi connectivity index (χ0n) is 19.0. The standard InChI is InChI=1S/C21H33N3O6S/c1-20(2,3)29-18(25)23-31(27,28)22-13-11-15-12-14-24(19(26)30-21(4,5)6)17-10-8-7-9-16(15)17/h7-10,15,22H,11-14H2,1-6H3,(H,23,25).